The van der Waals surface area contributed by atoms with Crippen molar-refractivity contribution < 1.29 is 23.5 Å². The molecule has 2 aromatic carbocycles. The Morgan fingerprint density at radius 3 is 2.46 bits per heavy atom. The van der Waals surface area contributed by atoms with Gasteiger partial charge < -0.3 is 14.5 Å². The van der Waals surface area contributed by atoms with Crippen LogP contribution < -0.4 is 10.2 Å². The summed E-state index contributed by atoms with van der Waals surface area (Å²) in [6.07, 6.45) is 2.13. The molecule has 10 heteroatoms. The fraction of sp³-hybridized carbons (Fsp3) is 0.296. The van der Waals surface area contributed by atoms with Crippen LogP contribution in [0.1, 0.15) is 49.4 Å². The first-order chi connectivity index (χ1) is 17.7. The number of esters is 1. The first-order valence-corrected chi connectivity index (χ1v) is 11.9. The van der Waals surface area contributed by atoms with Gasteiger partial charge in [-0.25, -0.2) is 9.48 Å². The number of nitrogens with one attached hydrogen (secondary N) is 1. The molecule has 4 aromatic rings. The van der Waals surface area contributed by atoms with E-state index in [0.29, 0.717) is 34.5 Å². The Morgan fingerprint density at radius 2 is 1.81 bits per heavy atom. The van der Waals surface area contributed by atoms with Crippen molar-refractivity contribution in [2.45, 2.75) is 45.3 Å². The number of rotatable bonds is 9. The molecule has 0 bridgehead atoms. The number of para-hydroxylation sites is 1. The van der Waals surface area contributed by atoms with Crippen LogP contribution in [0.3, 0.4) is 0 Å². The van der Waals surface area contributed by atoms with E-state index in [9.17, 15) is 14.4 Å². The van der Waals surface area contributed by atoms with Crippen LogP contribution in [0, 0.1) is 0 Å². The van der Waals surface area contributed by atoms with Gasteiger partial charge in [0.2, 0.25) is 5.91 Å². The fourth-order valence-electron chi connectivity index (χ4n) is 3.86. The van der Waals surface area contributed by atoms with Gasteiger partial charge in [-0.05, 0) is 68.8 Å². The van der Waals surface area contributed by atoms with Crippen LogP contribution in [-0.4, -0.2) is 45.4 Å². The highest BCUT2D eigenvalue weighted by molar-refractivity contribution is 6.02. The van der Waals surface area contributed by atoms with E-state index >= 15 is 0 Å². The van der Waals surface area contributed by atoms with Gasteiger partial charge in [0, 0.05) is 11.2 Å². The Labute approximate surface area is 214 Å². The van der Waals surface area contributed by atoms with Crippen molar-refractivity contribution in [2.24, 2.45) is 0 Å². The summed E-state index contributed by atoms with van der Waals surface area (Å²) < 4.78 is 11.9. The summed E-state index contributed by atoms with van der Waals surface area (Å²) in [5, 5.41) is 11.3. The molecule has 0 saturated heterocycles. The molecule has 4 rings (SSSR count). The van der Waals surface area contributed by atoms with Gasteiger partial charge in [0.1, 0.15) is 17.8 Å². The summed E-state index contributed by atoms with van der Waals surface area (Å²) in [5.41, 5.74) is 1.52. The lowest BCUT2D eigenvalue weighted by Gasteiger charge is -2.33. The number of furan rings is 1. The van der Waals surface area contributed by atoms with Gasteiger partial charge >= 0.3 is 5.97 Å². The number of carbonyl (C=O) groups excluding carboxylic acids is 3. The average Bonchev–Trinajstić information content (AvgIpc) is 3.57. The van der Waals surface area contributed by atoms with Crippen molar-refractivity contribution in [2.75, 3.05) is 12.0 Å². The minimum atomic E-state index is -1.12. The fourth-order valence-corrected chi connectivity index (χ4v) is 3.86. The molecular weight excluding hydrogens is 474 g/mol. The molecular formula is C27H29N5O5. The number of fused-ring (bicyclic) bond motifs is 1. The van der Waals surface area contributed by atoms with Crippen molar-refractivity contribution in [3.8, 4) is 0 Å². The van der Waals surface area contributed by atoms with Crippen LogP contribution in [0.25, 0.3) is 11.0 Å². The van der Waals surface area contributed by atoms with Gasteiger partial charge in [-0.3, -0.25) is 14.5 Å². The van der Waals surface area contributed by atoms with Crippen LogP contribution in [0.15, 0.2) is 71.3 Å². The largest absolute Gasteiger partial charge is 0.467 e. The first-order valence-electron chi connectivity index (χ1n) is 11.9. The highest BCUT2D eigenvalue weighted by atomic mass is 16.5. The number of benzene rings is 2. The van der Waals surface area contributed by atoms with Crippen molar-refractivity contribution in [3.05, 3.63) is 78.3 Å². The van der Waals surface area contributed by atoms with Gasteiger partial charge in [0.05, 0.1) is 24.5 Å². The second kappa shape index (κ2) is 10.7. The Hall–Kier alpha value is -4.47. The molecule has 1 N–H and O–H groups in total. The molecule has 2 heterocycles. The van der Waals surface area contributed by atoms with E-state index in [0.717, 1.165) is 0 Å². The molecule has 0 saturated carbocycles. The van der Waals surface area contributed by atoms with Crippen LogP contribution in [0.4, 0.5) is 5.69 Å². The average molecular weight is 504 g/mol. The molecule has 2 aromatic heterocycles. The number of ether oxygens (including phenoxy) is 1. The summed E-state index contributed by atoms with van der Waals surface area (Å²) in [5.74, 6) is -1.05. The van der Waals surface area contributed by atoms with E-state index in [1.54, 1.807) is 42.5 Å². The Bertz CT molecular complexity index is 1390. The molecule has 192 valence electrons. The van der Waals surface area contributed by atoms with E-state index < -0.39 is 29.4 Å². The van der Waals surface area contributed by atoms with Crippen LogP contribution in [-0.2, 0) is 20.9 Å². The van der Waals surface area contributed by atoms with Crippen LogP contribution in [0.2, 0.25) is 0 Å². The van der Waals surface area contributed by atoms with Crippen molar-refractivity contribution in [1.82, 2.24) is 20.3 Å². The molecule has 2 amide bonds. The zero-order valence-corrected chi connectivity index (χ0v) is 21.2. The predicted octanol–water partition coefficient (Wildman–Crippen LogP) is 3.89. The third-order valence-corrected chi connectivity index (χ3v) is 6.21. The molecule has 0 radical (unpaired) electrons. The standard InChI is InChI=1S/C27H29N5O5/c1-5-27(2,3)28-25(34)24(22-11-8-16-37-22)32(19-14-12-18(13-15-19)26(35)36-4)23(33)17-31-21-10-7-6-9-20(21)29-30-31/h6-16,24H,5,17H2,1-4H3,(H,28,34)/t24-/m0/s1. The monoisotopic (exact) mass is 503 g/mol. The molecule has 0 spiro atoms. The second-order valence-corrected chi connectivity index (χ2v) is 9.18. The molecule has 0 fully saturated rings. The van der Waals surface area contributed by atoms with E-state index in [1.807, 2.05) is 39.0 Å². The third-order valence-electron chi connectivity index (χ3n) is 6.21. The molecule has 1 atom stereocenters. The van der Waals surface area contributed by atoms with Gasteiger partial charge in [0.25, 0.3) is 5.91 Å². The van der Waals surface area contributed by atoms with Gasteiger partial charge in [0.15, 0.2) is 6.04 Å². The lowest BCUT2D eigenvalue weighted by atomic mass is 10.0. The summed E-state index contributed by atoms with van der Waals surface area (Å²) in [7, 11) is 1.29. The summed E-state index contributed by atoms with van der Waals surface area (Å²) in [6.45, 7) is 5.60. The maximum atomic E-state index is 13.9. The third kappa shape index (κ3) is 5.53. The van der Waals surface area contributed by atoms with Crippen molar-refractivity contribution in [1.29, 1.82) is 0 Å². The predicted molar refractivity (Wildman–Crippen MR) is 137 cm³/mol. The van der Waals surface area contributed by atoms with E-state index in [4.69, 9.17) is 9.15 Å². The van der Waals surface area contributed by atoms with Crippen molar-refractivity contribution in [3.63, 3.8) is 0 Å². The van der Waals surface area contributed by atoms with E-state index in [1.165, 1.54) is 23.0 Å². The molecule has 0 unspecified atom stereocenters. The SMILES string of the molecule is CCC(C)(C)NC(=O)[C@H](c1ccco1)N(C(=O)Cn1nnc2ccccc21)c1ccc(C(=O)OC)cc1. The summed E-state index contributed by atoms with van der Waals surface area (Å²) >= 11 is 0. The summed E-state index contributed by atoms with van der Waals surface area (Å²) in [4.78, 5) is 41.0. The highest BCUT2D eigenvalue weighted by Gasteiger charge is 2.37. The second-order valence-electron chi connectivity index (χ2n) is 9.18. The molecule has 0 aliphatic rings. The number of nitrogens with zero attached hydrogens (tertiary/aromatic N) is 4. The molecule has 10 nitrogen and oxygen atoms in total. The lowest BCUT2D eigenvalue weighted by Crippen LogP contribution is -2.51. The minimum absolute atomic E-state index is 0.180. The summed E-state index contributed by atoms with van der Waals surface area (Å²) in [6, 6.07) is 15.8. The minimum Gasteiger partial charge on any atom is -0.467 e. The zero-order valence-electron chi connectivity index (χ0n) is 21.2. The number of aromatic nitrogens is 3. The van der Waals surface area contributed by atoms with E-state index in [2.05, 4.69) is 15.6 Å². The Kier molecular flexibility index (Phi) is 7.37. The molecule has 37 heavy (non-hydrogen) atoms. The normalized spacial score (nSPS) is 12.2. The van der Waals surface area contributed by atoms with Gasteiger partial charge in [-0.2, -0.15) is 0 Å². The topological polar surface area (TPSA) is 120 Å². The van der Waals surface area contributed by atoms with E-state index in [-0.39, 0.29) is 6.54 Å². The Balaban J connectivity index is 1.79. The zero-order chi connectivity index (χ0) is 26.6. The highest BCUT2D eigenvalue weighted by Crippen LogP contribution is 2.30. The number of hydrogen-bond acceptors (Lipinski definition) is 7. The van der Waals surface area contributed by atoms with Gasteiger partial charge in [-0.15, -0.1) is 5.10 Å². The van der Waals surface area contributed by atoms with Crippen LogP contribution >= 0.6 is 0 Å². The number of carbonyl (C=O) groups is 3. The number of methoxy groups -OCH3 is 1. The van der Waals surface area contributed by atoms with Crippen molar-refractivity contribution >= 4 is 34.5 Å². The number of anilines is 1. The number of amides is 2. The first kappa shape index (κ1) is 25.6. The maximum Gasteiger partial charge on any atom is 0.337 e. The Morgan fingerprint density at radius 1 is 1.08 bits per heavy atom. The lowest BCUT2D eigenvalue weighted by molar-refractivity contribution is -0.128. The molecule has 0 aliphatic carbocycles. The smallest absolute Gasteiger partial charge is 0.337 e. The van der Waals surface area contributed by atoms with Crippen LogP contribution in [0.5, 0.6) is 0 Å². The van der Waals surface area contributed by atoms with Gasteiger partial charge in [-0.1, -0.05) is 24.3 Å². The maximum absolute atomic E-state index is 13.9. The molecule has 0 aliphatic heterocycles. The quantitative estimate of drug-likeness (QED) is 0.344. The number of hydrogen-bond donors (Lipinski definition) is 1.